The van der Waals surface area contributed by atoms with Crippen LogP contribution in [0.5, 0.6) is 0 Å². The first-order chi connectivity index (χ1) is 8.28. The highest BCUT2D eigenvalue weighted by Gasteiger charge is 1.98. The van der Waals surface area contributed by atoms with Crippen LogP contribution in [0, 0.1) is 6.07 Å². The number of hydrogen-bond acceptors (Lipinski definition) is 2. The molecule has 87 valence electrons. The smallest absolute Gasteiger partial charge is 0.0687 e. The second-order valence-electron chi connectivity index (χ2n) is 3.63. The Kier molecular flexibility index (Phi) is 4.66. The van der Waals surface area contributed by atoms with Gasteiger partial charge in [-0.1, -0.05) is 34.1 Å². The lowest BCUT2D eigenvalue weighted by atomic mass is 10.2. The predicted octanol–water partition coefficient (Wildman–Crippen LogP) is 4.03. The molecule has 0 heterocycles. The van der Waals surface area contributed by atoms with Gasteiger partial charge < -0.3 is 5.11 Å². The standard InChI is InChI=1S/C14H12BrOS/c15-13-2-1-3-14(8-13)17-10-12-6-4-11(9-16)5-7-12/h1-4,6-8,16H,9-10H2. The van der Waals surface area contributed by atoms with Gasteiger partial charge in [0.25, 0.3) is 0 Å². The number of thioether (sulfide) groups is 1. The number of hydrogen-bond donors (Lipinski definition) is 1. The summed E-state index contributed by atoms with van der Waals surface area (Å²) in [4.78, 5) is 1.24. The minimum Gasteiger partial charge on any atom is -0.392 e. The zero-order chi connectivity index (χ0) is 12.1. The Balaban J connectivity index is 1.97. The van der Waals surface area contributed by atoms with Crippen LogP contribution in [0.3, 0.4) is 0 Å². The van der Waals surface area contributed by atoms with Gasteiger partial charge >= 0.3 is 0 Å². The molecule has 1 N–H and O–H groups in total. The third kappa shape index (κ3) is 3.87. The molecule has 0 aliphatic heterocycles. The molecule has 1 nitrogen and oxygen atoms in total. The van der Waals surface area contributed by atoms with Crippen LogP contribution in [-0.2, 0) is 12.4 Å². The van der Waals surface area contributed by atoms with Crippen molar-refractivity contribution in [1.29, 1.82) is 0 Å². The van der Waals surface area contributed by atoms with Gasteiger partial charge in [-0.15, -0.1) is 11.8 Å². The summed E-state index contributed by atoms with van der Waals surface area (Å²) in [6.45, 7) is 0.0546. The fourth-order valence-electron chi connectivity index (χ4n) is 1.40. The van der Waals surface area contributed by atoms with Gasteiger partial charge in [0.2, 0.25) is 0 Å². The van der Waals surface area contributed by atoms with E-state index in [4.69, 9.17) is 5.11 Å². The molecule has 0 aliphatic rings. The predicted molar refractivity (Wildman–Crippen MR) is 74.9 cm³/mol. The van der Waals surface area contributed by atoms with Crippen molar-refractivity contribution in [2.24, 2.45) is 0 Å². The second kappa shape index (κ2) is 6.24. The van der Waals surface area contributed by atoms with E-state index in [1.54, 1.807) is 11.8 Å². The molecule has 0 saturated heterocycles. The molecule has 0 bridgehead atoms. The van der Waals surface area contributed by atoms with Crippen molar-refractivity contribution < 1.29 is 5.11 Å². The van der Waals surface area contributed by atoms with Crippen molar-refractivity contribution in [3.63, 3.8) is 0 Å². The first kappa shape index (κ1) is 12.7. The van der Waals surface area contributed by atoms with Crippen LogP contribution in [0.4, 0.5) is 0 Å². The first-order valence-corrected chi connectivity index (χ1v) is 7.04. The lowest BCUT2D eigenvalue weighted by Gasteiger charge is -2.03. The molecule has 0 aromatic heterocycles. The van der Waals surface area contributed by atoms with Crippen LogP contribution in [0.25, 0.3) is 0 Å². The molecule has 3 heteroatoms. The van der Waals surface area contributed by atoms with Crippen LogP contribution in [0.15, 0.2) is 51.8 Å². The number of rotatable bonds is 4. The summed E-state index contributed by atoms with van der Waals surface area (Å²) in [5.74, 6) is 0.915. The van der Waals surface area contributed by atoms with Crippen LogP contribution in [0.1, 0.15) is 11.1 Å². The summed E-state index contributed by atoms with van der Waals surface area (Å²) >= 11 is 5.25. The van der Waals surface area contributed by atoms with Gasteiger partial charge in [-0.25, -0.2) is 0 Å². The average Bonchev–Trinajstić information content (AvgIpc) is 2.37. The molecule has 0 unspecified atom stereocenters. The zero-order valence-electron chi connectivity index (χ0n) is 9.19. The summed E-state index contributed by atoms with van der Waals surface area (Å²) in [5.41, 5.74) is 2.05. The van der Waals surface area contributed by atoms with Crippen LogP contribution < -0.4 is 0 Å². The summed E-state index contributed by atoms with van der Waals surface area (Å²) in [5, 5.41) is 8.93. The molecule has 0 amide bonds. The Bertz CT molecular complexity index is 482. The fraction of sp³-hybridized carbons (Fsp3) is 0.143. The summed E-state index contributed by atoms with van der Waals surface area (Å²) in [6.07, 6.45) is 0. The molecule has 0 fully saturated rings. The van der Waals surface area contributed by atoms with E-state index in [0.717, 1.165) is 15.8 Å². The normalized spacial score (nSPS) is 10.5. The second-order valence-corrected chi connectivity index (χ2v) is 5.59. The third-order valence-corrected chi connectivity index (χ3v) is 3.87. The average molecular weight is 308 g/mol. The van der Waals surface area contributed by atoms with Gasteiger partial charge in [-0.05, 0) is 41.5 Å². The minimum atomic E-state index is 0.0546. The number of benzene rings is 2. The van der Waals surface area contributed by atoms with Gasteiger partial charge in [-0.2, -0.15) is 0 Å². The van der Waals surface area contributed by atoms with Crippen molar-refractivity contribution >= 4 is 27.7 Å². The highest BCUT2D eigenvalue weighted by Crippen LogP contribution is 2.25. The monoisotopic (exact) mass is 307 g/mol. The number of aliphatic hydroxyl groups excluding tert-OH is 1. The largest absolute Gasteiger partial charge is 0.392 e. The maximum atomic E-state index is 8.93. The van der Waals surface area contributed by atoms with E-state index < -0.39 is 0 Å². The molecular formula is C14H12BrOS. The Morgan fingerprint density at radius 2 is 2.12 bits per heavy atom. The van der Waals surface area contributed by atoms with E-state index in [1.165, 1.54) is 10.5 Å². The Morgan fingerprint density at radius 1 is 1.24 bits per heavy atom. The quantitative estimate of drug-likeness (QED) is 0.861. The molecule has 2 aromatic carbocycles. The van der Waals surface area contributed by atoms with E-state index in [1.807, 2.05) is 30.3 Å². The zero-order valence-corrected chi connectivity index (χ0v) is 11.6. The van der Waals surface area contributed by atoms with Gasteiger partial charge in [0, 0.05) is 15.1 Å². The van der Waals surface area contributed by atoms with Crippen molar-refractivity contribution in [1.82, 2.24) is 0 Å². The van der Waals surface area contributed by atoms with Crippen LogP contribution >= 0.6 is 27.7 Å². The van der Waals surface area contributed by atoms with Gasteiger partial charge in [0.1, 0.15) is 0 Å². The molecule has 2 aromatic rings. The maximum Gasteiger partial charge on any atom is 0.0687 e. The molecule has 0 atom stereocenters. The fourth-order valence-corrected chi connectivity index (χ4v) is 2.85. The SMILES string of the molecule is OCc1[c]cc(CSc2cccc(Br)c2)cc1. The van der Waals surface area contributed by atoms with Crippen molar-refractivity contribution in [3.05, 3.63) is 64.1 Å². The molecule has 0 spiro atoms. The molecule has 2 rings (SSSR count). The topological polar surface area (TPSA) is 20.2 Å². The van der Waals surface area contributed by atoms with Crippen LogP contribution in [0.2, 0.25) is 0 Å². The van der Waals surface area contributed by atoms with E-state index >= 15 is 0 Å². The van der Waals surface area contributed by atoms with Gasteiger partial charge in [-0.3, -0.25) is 0 Å². The lowest BCUT2D eigenvalue weighted by Crippen LogP contribution is -1.85. The molecule has 17 heavy (non-hydrogen) atoms. The number of aliphatic hydroxyl groups is 1. The Hall–Kier alpha value is -0.770. The summed E-state index contributed by atoms with van der Waals surface area (Å²) in [6, 6.07) is 17.2. The summed E-state index contributed by atoms with van der Waals surface area (Å²) in [7, 11) is 0. The first-order valence-electron chi connectivity index (χ1n) is 5.26. The van der Waals surface area contributed by atoms with E-state index in [0.29, 0.717) is 0 Å². The number of halogens is 1. The summed E-state index contributed by atoms with van der Waals surface area (Å²) < 4.78 is 1.10. The highest BCUT2D eigenvalue weighted by atomic mass is 79.9. The maximum absolute atomic E-state index is 8.93. The third-order valence-electron chi connectivity index (χ3n) is 2.31. The van der Waals surface area contributed by atoms with E-state index in [-0.39, 0.29) is 6.61 Å². The molecular weight excluding hydrogens is 296 g/mol. The molecule has 0 saturated carbocycles. The van der Waals surface area contributed by atoms with Crippen molar-refractivity contribution in [2.75, 3.05) is 0 Å². The van der Waals surface area contributed by atoms with E-state index in [9.17, 15) is 0 Å². The van der Waals surface area contributed by atoms with Gasteiger partial charge in [0.15, 0.2) is 0 Å². The minimum absolute atomic E-state index is 0.0546. The van der Waals surface area contributed by atoms with Crippen molar-refractivity contribution in [2.45, 2.75) is 17.3 Å². The highest BCUT2D eigenvalue weighted by molar-refractivity contribution is 9.10. The molecule has 0 aliphatic carbocycles. The van der Waals surface area contributed by atoms with Crippen molar-refractivity contribution in [3.8, 4) is 0 Å². The van der Waals surface area contributed by atoms with Gasteiger partial charge in [0.05, 0.1) is 6.61 Å². The molecule has 1 radical (unpaired) electrons. The lowest BCUT2D eigenvalue weighted by molar-refractivity contribution is 0.281. The Morgan fingerprint density at radius 3 is 2.76 bits per heavy atom. The van der Waals surface area contributed by atoms with E-state index in [2.05, 4.69) is 34.1 Å². The Labute approximate surface area is 114 Å². The van der Waals surface area contributed by atoms with Crippen LogP contribution in [-0.4, -0.2) is 5.11 Å².